The molecule has 0 radical (unpaired) electrons. The molecule has 1 aromatic carbocycles. The maximum absolute atomic E-state index is 13.1. The maximum Gasteiger partial charge on any atom is 0.248 e. The van der Waals surface area contributed by atoms with Crippen LogP contribution in [-0.2, 0) is 21.1 Å². The van der Waals surface area contributed by atoms with Gasteiger partial charge in [0.2, 0.25) is 5.92 Å². The molecule has 4 nitrogen and oxygen atoms in total. The Labute approximate surface area is 135 Å². The van der Waals surface area contributed by atoms with Crippen LogP contribution in [0.3, 0.4) is 0 Å². The van der Waals surface area contributed by atoms with E-state index in [1.54, 1.807) is 12.1 Å². The van der Waals surface area contributed by atoms with Gasteiger partial charge in [-0.25, -0.2) is 17.2 Å². The van der Waals surface area contributed by atoms with E-state index in [1.807, 2.05) is 0 Å². The van der Waals surface area contributed by atoms with Gasteiger partial charge in [0.05, 0.1) is 17.2 Å². The van der Waals surface area contributed by atoms with Crippen molar-refractivity contribution < 1.29 is 22.0 Å². The van der Waals surface area contributed by atoms with Crippen LogP contribution < -0.4 is 5.73 Å². The largest absolute Gasteiger partial charge is 0.324 e. The molecule has 2 rings (SSSR count). The Morgan fingerprint density at radius 1 is 1.26 bits per heavy atom. The number of benzene rings is 1. The maximum atomic E-state index is 13.1. The third-order valence-electron chi connectivity index (χ3n) is 4.18. The minimum atomic E-state index is -3.55. The Kier molecular flexibility index (Phi) is 5.52. The highest BCUT2D eigenvalue weighted by molar-refractivity contribution is 7.91. The molecule has 0 unspecified atom stereocenters. The molecule has 1 saturated carbocycles. The number of carbonyl (C=O) groups excluding carboxylic acids is 1. The summed E-state index contributed by atoms with van der Waals surface area (Å²) in [7, 11) is -3.55. The number of hydrogen-bond donors (Lipinski definition) is 1. The molecule has 0 aliphatic heterocycles. The third-order valence-corrected chi connectivity index (χ3v) is 6.06. The fourth-order valence-corrected chi connectivity index (χ4v) is 4.59. The highest BCUT2D eigenvalue weighted by atomic mass is 32.2. The number of halogens is 2. The second kappa shape index (κ2) is 7.05. The van der Waals surface area contributed by atoms with Crippen LogP contribution in [0.25, 0.3) is 0 Å². The lowest BCUT2D eigenvalue weighted by molar-refractivity contribution is -0.117. The Balaban J connectivity index is 2.08. The van der Waals surface area contributed by atoms with Crippen molar-refractivity contribution in [1.82, 2.24) is 0 Å². The van der Waals surface area contributed by atoms with Crippen LogP contribution in [0.5, 0.6) is 0 Å². The zero-order valence-electron chi connectivity index (χ0n) is 12.8. The number of rotatable bonds is 6. The summed E-state index contributed by atoms with van der Waals surface area (Å²) >= 11 is 0. The van der Waals surface area contributed by atoms with Crippen molar-refractivity contribution in [2.24, 2.45) is 11.7 Å². The highest BCUT2D eigenvalue weighted by Gasteiger charge is 2.36. The number of Topliss-reactive ketones (excluding diaryl/α,β-unsaturated/α-hetero) is 1. The van der Waals surface area contributed by atoms with Crippen LogP contribution >= 0.6 is 0 Å². The molecule has 0 amide bonds. The van der Waals surface area contributed by atoms with E-state index in [-0.39, 0.29) is 61.0 Å². The molecule has 1 aliphatic carbocycles. The lowest BCUT2D eigenvalue weighted by atomic mass is 9.88. The van der Waals surface area contributed by atoms with Gasteiger partial charge in [0, 0.05) is 19.3 Å². The number of nitrogens with two attached hydrogens (primary N) is 1. The molecule has 23 heavy (non-hydrogen) atoms. The standard InChI is InChI=1S/C16H21F2NO3S/c17-16(18)6-4-12(5-7-16)11-23(21,22)15-3-1-2-13(9-15)8-14(20)10-19/h1-3,9,12H,4-8,10-11,19H2. The summed E-state index contributed by atoms with van der Waals surface area (Å²) in [4.78, 5) is 11.5. The minimum Gasteiger partial charge on any atom is -0.324 e. The lowest BCUT2D eigenvalue weighted by Gasteiger charge is -2.28. The SMILES string of the molecule is NCC(=O)Cc1cccc(S(=O)(=O)CC2CCC(F)(F)CC2)c1. The monoisotopic (exact) mass is 345 g/mol. The number of hydrogen-bond acceptors (Lipinski definition) is 4. The number of carbonyl (C=O) groups is 1. The molecule has 0 heterocycles. The third kappa shape index (κ3) is 5.07. The van der Waals surface area contributed by atoms with E-state index in [0.717, 1.165) is 0 Å². The van der Waals surface area contributed by atoms with Crippen LogP contribution in [-0.4, -0.2) is 32.4 Å². The van der Waals surface area contributed by atoms with Gasteiger partial charge in [-0.05, 0) is 36.5 Å². The van der Waals surface area contributed by atoms with Gasteiger partial charge >= 0.3 is 0 Å². The Morgan fingerprint density at radius 2 is 1.91 bits per heavy atom. The van der Waals surface area contributed by atoms with Gasteiger partial charge < -0.3 is 5.73 Å². The van der Waals surface area contributed by atoms with Gasteiger partial charge in [-0.2, -0.15) is 0 Å². The minimum absolute atomic E-state index is 0.0900. The van der Waals surface area contributed by atoms with Crippen LogP contribution in [0.1, 0.15) is 31.2 Å². The number of ketones is 1. The molecule has 0 saturated heterocycles. The van der Waals surface area contributed by atoms with Crippen molar-refractivity contribution in [3.63, 3.8) is 0 Å². The molecule has 7 heteroatoms. The molecule has 1 fully saturated rings. The zero-order valence-corrected chi connectivity index (χ0v) is 13.6. The molecule has 128 valence electrons. The first-order valence-electron chi connectivity index (χ1n) is 7.63. The smallest absolute Gasteiger partial charge is 0.248 e. The Hall–Kier alpha value is -1.34. The van der Waals surface area contributed by atoms with Crippen molar-refractivity contribution in [1.29, 1.82) is 0 Å². The molecular weight excluding hydrogens is 324 g/mol. The zero-order chi connectivity index (χ0) is 17.1. The second-order valence-corrected chi connectivity index (χ2v) is 8.18. The summed E-state index contributed by atoms with van der Waals surface area (Å²) in [6.45, 7) is -0.0900. The average Bonchev–Trinajstić information content (AvgIpc) is 2.49. The molecule has 2 N–H and O–H groups in total. The molecule has 0 aromatic heterocycles. The fraction of sp³-hybridized carbons (Fsp3) is 0.562. The normalized spacial score (nSPS) is 18.7. The Morgan fingerprint density at radius 3 is 2.52 bits per heavy atom. The predicted molar refractivity (Wildman–Crippen MR) is 83.2 cm³/mol. The summed E-state index contributed by atoms with van der Waals surface area (Å²) < 4.78 is 51.2. The van der Waals surface area contributed by atoms with Crippen molar-refractivity contribution in [3.05, 3.63) is 29.8 Å². The fourth-order valence-electron chi connectivity index (χ4n) is 2.82. The van der Waals surface area contributed by atoms with Crippen molar-refractivity contribution in [2.45, 2.75) is 42.9 Å². The van der Waals surface area contributed by atoms with Crippen molar-refractivity contribution in [2.75, 3.05) is 12.3 Å². The molecule has 1 aliphatic rings. The Bertz CT molecular complexity index is 664. The number of sulfone groups is 1. The first kappa shape index (κ1) is 18.0. The summed E-state index contributed by atoms with van der Waals surface area (Å²) in [6.07, 6.45) is 0.0289. The average molecular weight is 345 g/mol. The van der Waals surface area contributed by atoms with Gasteiger partial charge in [-0.3, -0.25) is 4.79 Å². The van der Waals surface area contributed by atoms with Gasteiger partial charge in [0.25, 0.3) is 0 Å². The van der Waals surface area contributed by atoms with E-state index >= 15 is 0 Å². The summed E-state index contributed by atoms with van der Waals surface area (Å²) in [5.41, 5.74) is 5.85. The van der Waals surface area contributed by atoms with Gasteiger partial charge in [0.1, 0.15) is 0 Å². The van der Waals surface area contributed by atoms with Crippen molar-refractivity contribution in [3.8, 4) is 0 Å². The summed E-state index contributed by atoms with van der Waals surface area (Å²) in [6, 6.07) is 6.21. The topological polar surface area (TPSA) is 77.2 Å². The molecular formula is C16H21F2NO3S. The van der Waals surface area contributed by atoms with E-state index in [4.69, 9.17) is 5.73 Å². The van der Waals surface area contributed by atoms with Crippen LogP contribution in [0.15, 0.2) is 29.2 Å². The summed E-state index contributed by atoms with van der Waals surface area (Å²) in [5.74, 6) is -3.21. The first-order valence-corrected chi connectivity index (χ1v) is 9.28. The molecule has 0 atom stereocenters. The summed E-state index contributed by atoms with van der Waals surface area (Å²) in [5, 5.41) is 0. The van der Waals surface area contributed by atoms with Gasteiger partial charge in [0.15, 0.2) is 15.6 Å². The number of alkyl halides is 2. The van der Waals surface area contributed by atoms with Crippen LogP contribution in [0.4, 0.5) is 8.78 Å². The van der Waals surface area contributed by atoms with E-state index in [0.29, 0.717) is 5.56 Å². The van der Waals surface area contributed by atoms with Crippen LogP contribution in [0.2, 0.25) is 0 Å². The first-order chi connectivity index (χ1) is 10.7. The lowest BCUT2D eigenvalue weighted by Crippen LogP contribution is -2.28. The van der Waals surface area contributed by atoms with Gasteiger partial charge in [-0.1, -0.05) is 12.1 Å². The second-order valence-electron chi connectivity index (χ2n) is 6.15. The highest BCUT2D eigenvalue weighted by Crippen LogP contribution is 2.37. The van der Waals surface area contributed by atoms with E-state index in [9.17, 15) is 22.0 Å². The van der Waals surface area contributed by atoms with Gasteiger partial charge in [-0.15, -0.1) is 0 Å². The van der Waals surface area contributed by atoms with E-state index in [2.05, 4.69) is 0 Å². The molecule has 0 spiro atoms. The van der Waals surface area contributed by atoms with E-state index in [1.165, 1.54) is 12.1 Å². The molecule has 0 bridgehead atoms. The predicted octanol–water partition coefficient (Wildman–Crippen LogP) is 2.36. The quantitative estimate of drug-likeness (QED) is 0.858. The van der Waals surface area contributed by atoms with Crippen LogP contribution in [0, 0.1) is 5.92 Å². The van der Waals surface area contributed by atoms with Crippen molar-refractivity contribution >= 4 is 15.6 Å². The van der Waals surface area contributed by atoms with E-state index < -0.39 is 15.8 Å². The molecule has 1 aromatic rings.